The first-order valence-corrected chi connectivity index (χ1v) is 5.40. The van der Waals surface area contributed by atoms with Crippen LogP contribution in [0.15, 0.2) is 12.1 Å². The maximum Gasteiger partial charge on any atom is 0.142 e. The molecule has 0 amide bonds. The number of hydrogen-bond acceptors (Lipinski definition) is 2. The van der Waals surface area contributed by atoms with Crippen molar-refractivity contribution in [2.24, 2.45) is 5.73 Å². The van der Waals surface area contributed by atoms with Crippen LogP contribution in [0.3, 0.4) is 0 Å². The minimum absolute atomic E-state index is 0.0990. The molecular formula is C11H12ClF2NO. The van der Waals surface area contributed by atoms with E-state index in [-0.39, 0.29) is 17.1 Å². The van der Waals surface area contributed by atoms with Gasteiger partial charge in [0.05, 0.1) is 11.1 Å². The number of nitrogens with two attached hydrogens (primary N) is 1. The quantitative estimate of drug-likeness (QED) is 0.785. The van der Waals surface area contributed by atoms with Crippen molar-refractivity contribution in [1.29, 1.82) is 0 Å². The summed E-state index contributed by atoms with van der Waals surface area (Å²) in [5, 5.41) is 9.09. The van der Waals surface area contributed by atoms with Gasteiger partial charge in [0.2, 0.25) is 0 Å². The van der Waals surface area contributed by atoms with Gasteiger partial charge in [0, 0.05) is 17.5 Å². The van der Waals surface area contributed by atoms with Gasteiger partial charge in [-0.05, 0) is 25.0 Å². The van der Waals surface area contributed by atoms with Crippen molar-refractivity contribution in [3.8, 4) is 0 Å². The van der Waals surface area contributed by atoms with E-state index in [0.29, 0.717) is 12.8 Å². The summed E-state index contributed by atoms with van der Waals surface area (Å²) in [6.45, 7) is 0.143. The highest BCUT2D eigenvalue weighted by Gasteiger charge is 2.47. The normalized spacial score (nSPS) is 28.9. The lowest BCUT2D eigenvalue weighted by atomic mass is 9.62. The fraction of sp³-hybridized carbons (Fsp3) is 0.455. The molecule has 1 aromatic carbocycles. The van der Waals surface area contributed by atoms with E-state index in [1.807, 2.05) is 0 Å². The highest BCUT2D eigenvalue weighted by atomic mass is 35.5. The molecule has 1 saturated carbocycles. The predicted octanol–water partition coefficient (Wildman–Crippen LogP) is 1.97. The Morgan fingerprint density at radius 3 is 2.44 bits per heavy atom. The summed E-state index contributed by atoms with van der Waals surface area (Å²) in [5.41, 5.74) is 4.97. The standard InChI is InChI=1S/C11H12ClF2NO/c12-10-8(14)2-1-7(13)9(10)11(5-15)3-6(16)4-11/h1-2,6,16H,3-5,15H2. The zero-order valence-electron chi connectivity index (χ0n) is 8.51. The average Bonchev–Trinajstić information content (AvgIpc) is 2.21. The highest BCUT2D eigenvalue weighted by Crippen LogP contribution is 2.47. The molecule has 0 aliphatic heterocycles. The van der Waals surface area contributed by atoms with Crippen molar-refractivity contribution in [3.63, 3.8) is 0 Å². The lowest BCUT2D eigenvalue weighted by Gasteiger charge is -2.45. The molecule has 3 N–H and O–H groups in total. The molecule has 2 nitrogen and oxygen atoms in total. The van der Waals surface area contributed by atoms with Crippen LogP contribution in [-0.2, 0) is 5.41 Å². The van der Waals surface area contributed by atoms with Gasteiger partial charge in [-0.3, -0.25) is 0 Å². The number of hydrogen-bond donors (Lipinski definition) is 2. The first kappa shape index (κ1) is 11.8. The molecule has 1 aromatic rings. The Morgan fingerprint density at radius 2 is 1.94 bits per heavy atom. The molecule has 5 heteroatoms. The van der Waals surface area contributed by atoms with Gasteiger partial charge in [0.15, 0.2) is 0 Å². The van der Waals surface area contributed by atoms with E-state index in [1.54, 1.807) is 0 Å². The molecule has 1 aliphatic carbocycles. The van der Waals surface area contributed by atoms with Crippen molar-refractivity contribution in [2.45, 2.75) is 24.4 Å². The van der Waals surface area contributed by atoms with Crippen molar-refractivity contribution < 1.29 is 13.9 Å². The lowest BCUT2D eigenvalue weighted by Crippen LogP contribution is -2.50. The predicted molar refractivity (Wildman–Crippen MR) is 57.3 cm³/mol. The zero-order valence-corrected chi connectivity index (χ0v) is 9.27. The summed E-state index contributed by atoms with van der Waals surface area (Å²) < 4.78 is 27.0. The van der Waals surface area contributed by atoms with Gasteiger partial charge in [-0.15, -0.1) is 0 Å². The fourth-order valence-corrected chi connectivity index (χ4v) is 2.68. The molecule has 88 valence electrons. The van der Waals surface area contributed by atoms with Gasteiger partial charge in [-0.2, -0.15) is 0 Å². The minimum atomic E-state index is -0.720. The molecule has 0 saturated heterocycles. The summed E-state index contributed by atoms with van der Waals surface area (Å²) in [6.07, 6.45) is 0.134. The molecule has 0 bridgehead atoms. The second-order valence-electron chi connectivity index (χ2n) is 4.26. The van der Waals surface area contributed by atoms with Crippen LogP contribution in [0.1, 0.15) is 18.4 Å². The third-order valence-electron chi connectivity index (χ3n) is 3.22. The monoisotopic (exact) mass is 247 g/mol. The Morgan fingerprint density at radius 1 is 1.38 bits per heavy atom. The van der Waals surface area contributed by atoms with E-state index in [1.165, 1.54) is 0 Å². The summed E-state index contributed by atoms with van der Waals surface area (Å²) in [7, 11) is 0. The molecule has 0 radical (unpaired) electrons. The number of aliphatic hydroxyl groups is 1. The SMILES string of the molecule is NCC1(c2c(F)ccc(F)c2Cl)CC(O)C1. The topological polar surface area (TPSA) is 46.2 Å². The van der Waals surface area contributed by atoms with Crippen LogP contribution in [0.5, 0.6) is 0 Å². The lowest BCUT2D eigenvalue weighted by molar-refractivity contribution is 0.0204. The Labute approximate surface area is 97.0 Å². The van der Waals surface area contributed by atoms with Crippen molar-refractivity contribution in [1.82, 2.24) is 0 Å². The molecule has 2 rings (SSSR count). The van der Waals surface area contributed by atoms with Crippen LogP contribution in [0.2, 0.25) is 5.02 Å². The average molecular weight is 248 g/mol. The smallest absolute Gasteiger partial charge is 0.142 e. The van der Waals surface area contributed by atoms with E-state index < -0.39 is 23.2 Å². The number of halogens is 3. The first-order chi connectivity index (χ1) is 7.50. The Hall–Kier alpha value is -0.710. The van der Waals surface area contributed by atoms with Crippen molar-refractivity contribution >= 4 is 11.6 Å². The maximum atomic E-state index is 13.7. The molecule has 16 heavy (non-hydrogen) atoms. The van der Waals surface area contributed by atoms with Crippen molar-refractivity contribution in [3.05, 3.63) is 34.4 Å². The number of benzene rings is 1. The van der Waals surface area contributed by atoms with Gasteiger partial charge in [-0.25, -0.2) is 8.78 Å². The van der Waals surface area contributed by atoms with Gasteiger partial charge in [0.25, 0.3) is 0 Å². The van der Waals surface area contributed by atoms with E-state index in [4.69, 9.17) is 17.3 Å². The summed E-state index contributed by atoms with van der Waals surface area (Å²) >= 11 is 5.77. The molecule has 1 aliphatic rings. The van der Waals surface area contributed by atoms with E-state index in [2.05, 4.69) is 0 Å². The van der Waals surface area contributed by atoms with Crippen LogP contribution in [-0.4, -0.2) is 17.8 Å². The summed E-state index contributed by atoms with van der Waals surface area (Å²) in [4.78, 5) is 0. The van der Waals surface area contributed by atoms with Crippen LogP contribution >= 0.6 is 11.6 Å². The molecule has 0 spiro atoms. The first-order valence-electron chi connectivity index (χ1n) is 5.02. The number of aliphatic hydroxyl groups excluding tert-OH is 1. The molecule has 0 unspecified atom stereocenters. The van der Waals surface area contributed by atoms with E-state index in [9.17, 15) is 13.9 Å². The molecule has 0 aromatic heterocycles. The van der Waals surface area contributed by atoms with Gasteiger partial charge < -0.3 is 10.8 Å². The van der Waals surface area contributed by atoms with Crippen LogP contribution in [0.4, 0.5) is 8.78 Å². The molecule has 0 atom stereocenters. The highest BCUT2D eigenvalue weighted by molar-refractivity contribution is 6.31. The summed E-state index contributed by atoms with van der Waals surface area (Å²) in [6, 6.07) is 2.03. The Bertz CT molecular complexity index is 419. The second-order valence-corrected chi connectivity index (χ2v) is 4.64. The van der Waals surface area contributed by atoms with Crippen molar-refractivity contribution in [2.75, 3.05) is 6.54 Å². The Kier molecular flexibility index (Phi) is 2.90. The van der Waals surface area contributed by atoms with Crippen LogP contribution in [0, 0.1) is 11.6 Å². The molecular weight excluding hydrogens is 236 g/mol. The van der Waals surface area contributed by atoms with Gasteiger partial charge in [-0.1, -0.05) is 11.6 Å². The third-order valence-corrected chi connectivity index (χ3v) is 3.59. The Balaban J connectivity index is 2.50. The zero-order chi connectivity index (χ0) is 11.9. The third kappa shape index (κ3) is 1.61. The second kappa shape index (κ2) is 3.95. The van der Waals surface area contributed by atoms with E-state index in [0.717, 1.165) is 12.1 Å². The van der Waals surface area contributed by atoms with Gasteiger partial charge in [0.1, 0.15) is 11.6 Å². The van der Waals surface area contributed by atoms with E-state index >= 15 is 0 Å². The molecule has 1 fully saturated rings. The number of rotatable bonds is 2. The van der Waals surface area contributed by atoms with Crippen LogP contribution < -0.4 is 5.73 Å². The molecule has 0 heterocycles. The largest absolute Gasteiger partial charge is 0.393 e. The minimum Gasteiger partial charge on any atom is -0.393 e. The van der Waals surface area contributed by atoms with Gasteiger partial charge >= 0.3 is 0 Å². The maximum absolute atomic E-state index is 13.7. The fourth-order valence-electron chi connectivity index (χ4n) is 2.33. The van der Waals surface area contributed by atoms with Crippen LogP contribution in [0.25, 0.3) is 0 Å². The summed E-state index contributed by atoms with van der Waals surface area (Å²) in [5.74, 6) is -1.23.